The molecule has 1 aromatic heterocycles. The molecule has 1 N–H and O–H groups in total. The summed E-state index contributed by atoms with van der Waals surface area (Å²) < 4.78 is 51.7. The molecule has 0 unspecified atom stereocenters. The van der Waals surface area contributed by atoms with Gasteiger partial charge in [0.25, 0.3) is 10.0 Å². The Morgan fingerprint density at radius 2 is 1.49 bits per heavy atom. The smallest absolute Gasteiger partial charge is 0.261 e. The molecule has 10 nitrogen and oxygen atoms in total. The van der Waals surface area contributed by atoms with Crippen molar-refractivity contribution in [3.63, 3.8) is 0 Å². The van der Waals surface area contributed by atoms with E-state index in [2.05, 4.69) is 9.71 Å². The molecule has 5 rings (SSSR count). The van der Waals surface area contributed by atoms with E-state index in [1.165, 1.54) is 26.4 Å². The van der Waals surface area contributed by atoms with Gasteiger partial charge in [0.2, 0.25) is 5.91 Å². The molecule has 1 amide bonds. The number of hydrogen-bond acceptors (Lipinski definition) is 8. The van der Waals surface area contributed by atoms with E-state index in [9.17, 15) is 13.2 Å². The first-order valence-corrected chi connectivity index (χ1v) is 14.4. The number of methoxy groups -OCH3 is 4. The van der Waals surface area contributed by atoms with Gasteiger partial charge in [-0.25, -0.2) is 8.42 Å². The Kier molecular flexibility index (Phi) is 7.89. The molecule has 0 spiro atoms. The first-order valence-electron chi connectivity index (χ1n) is 13.0. The fraction of sp³-hybridized carbons (Fsp3) is 0.267. The van der Waals surface area contributed by atoms with Gasteiger partial charge < -0.3 is 23.8 Å². The first kappa shape index (κ1) is 28.0. The zero-order valence-corrected chi connectivity index (χ0v) is 24.1. The Morgan fingerprint density at radius 1 is 0.854 bits per heavy atom. The molecule has 1 fully saturated rings. The first-order chi connectivity index (χ1) is 19.8. The number of fused-ring (bicyclic) bond motifs is 1. The fourth-order valence-corrected chi connectivity index (χ4v) is 6.07. The lowest BCUT2D eigenvalue weighted by Gasteiger charge is -2.18. The van der Waals surface area contributed by atoms with Crippen molar-refractivity contribution < 1.29 is 32.2 Å². The lowest BCUT2D eigenvalue weighted by molar-refractivity contribution is -0.117. The number of nitrogens with zero attached hydrogens (tertiary/aromatic N) is 2. The monoisotopic (exact) mass is 577 g/mol. The summed E-state index contributed by atoms with van der Waals surface area (Å²) in [5, 5.41) is 1.73. The Bertz CT molecular complexity index is 1710. The normalized spacial score (nSPS) is 13.4. The van der Waals surface area contributed by atoms with Gasteiger partial charge in [0.1, 0.15) is 0 Å². The SMILES string of the molecule is COc1cc(Cc2nccc3cc(OC)c(OC)cc23)c(NS(=O)(=O)c2ccc(N3CCCC3=O)cc2)cc1OC. The number of benzene rings is 3. The van der Waals surface area contributed by atoms with Gasteiger partial charge in [-0.2, -0.15) is 0 Å². The van der Waals surface area contributed by atoms with Crippen molar-refractivity contribution in [3.05, 3.63) is 72.1 Å². The van der Waals surface area contributed by atoms with Crippen molar-refractivity contribution in [2.24, 2.45) is 0 Å². The molecule has 0 bridgehead atoms. The lowest BCUT2D eigenvalue weighted by Crippen LogP contribution is -2.23. The number of rotatable bonds is 10. The van der Waals surface area contributed by atoms with Crippen molar-refractivity contribution >= 4 is 38.1 Å². The quantitative estimate of drug-likeness (QED) is 0.286. The van der Waals surface area contributed by atoms with E-state index in [0.29, 0.717) is 58.6 Å². The van der Waals surface area contributed by atoms with E-state index in [4.69, 9.17) is 18.9 Å². The topological polar surface area (TPSA) is 116 Å². The van der Waals surface area contributed by atoms with Crippen LogP contribution in [-0.2, 0) is 21.2 Å². The number of amides is 1. The van der Waals surface area contributed by atoms with Gasteiger partial charge in [-0.15, -0.1) is 0 Å². The van der Waals surface area contributed by atoms with Crippen molar-refractivity contribution in [1.29, 1.82) is 0 Å². The zero-order valence-electron chi connectivity index (χ0n) is 23.3. The number of nitrogens with one attached hydrogen (secondary N) is 1. The largest absolute Gasteiger partial charge is 0.493 e. The minimum atomic E-state index is -4.00. The summed E-state index contributed by atoms with van der Waals surface area (Å²) in [6.45, 7) is 0.624. The highest BCUT2D eigenvalue weighted by Gasteiger charge is 2.24. The standard InChI is InChI=1S/C30H31N3O7S/c1-37-26-15-19-11-12-31-25(23(19)17-28(26)39-3)14-20-16-27(38-2)29(40-4)18-24(20)32-41(35,36)22-9-7-21(8-10-22)33-13-5-6-30(33)34/h7-12,15-18,32H,5-6,13-14H2,1-4H3. The van der Waals surface area contributed by atoms with Crippen molar-refractivity contribution in [1.82, 2.24) is 4.98 Å². The number of aromatic nitrogens is 1. The summed E-state index contributed by atoms with van der Waals surface area (Å²) >= 11 is 0. The van der Waals surface area contributed by atoms with Gasteiger partial charge in [-0.05, 0) is 65.9 Å². The molecule has 2 heterocycles. The Morgan fingerprint density at radius 3 is 2.12 bits per heavy atom. The van der Waals surface area contributed by atoms with E-state index >= 15 is 0 Å². The van der Waals surface area contributed by atoms with Crippen LogP contribution >= 0.6 is 0 Å². The molecule has 214 valence electrons. The molecular formula is C30H31N3O7S. The fourth-order valence-electron chi connectivity index (χ4n) is 4.97. The number of pyridine rings is 1. The number of hydrogen-bond donors (Lipinski definition) is 1. The third-order valence-electron chi connectivity index (χ3n) is 7.09. The summed E-state index contributed by atoms with van der Waals surface area (Å²) in [5.74, 6) is 2.00. The molecule has 0 radical (unpaired) electrons. The molecule has 11 heteroatoms. The second-order valence-electron chi connectivity index (χ2n) is 9.48. The van der Waals surface area contributed by atoms with Crippen molar-refractivity contribution in [3.8, 4) is 23.0 Å². The Labute approximate surface area is 238 Å². The van der Waals surface area contributed by atoms with E-state index in [1.54, 1.807) is 49.6 Å². The number of ether oxygens (including phenoxy) is 4. The van der Waals surface area contributed by atoms with Crippen LogP contribution in [0.4, 0.5) is 11.4 Å². The van der Waals surface area contributed by atoms with E-state index in [0.717, 1.165) is 17.2 Å². The second-order valence-corrected chi connectivity index (χ2v) is 11.2. The van der Waals surface area contributed by atoms with Crippen LogP contribution in [0.25, 0.3) is 10.8 Å². The minimum absolute atomic E-state index is 0.0341. The van der Waals surface area contributed by atoms with Gasteiger partial charge in [0, 0.05) is 42.7 Å². The highest BCUT2D eigenvalue weighted by Crippen LogP contribution is 2.38. The van der Waals surface area contributed by atoms with E-state index in [-0.39, 0.29) is 17.2 Å². The minimum Gasteiger partial charge on any atom is -0.493 e. The van der Waals surface area contributed by atoms with Gasteiger partial charge in [0.15, 0.2) is 23.0 Å². The Hall–Kier alpha value is -4.51. The van der Waals surface area contributed by atoms with E-state index < -0.39 is 10.0 Å². The van der Waals surface area contributed by atoms with Crippen LogP contribution in [0.2, 0.25) is 0 Å². The molecule has 1 aliphatic rings. The zero-order chi connectivity index (χ0) is 29.1. The van der Waals surface area contributed by atoms with Crippen LogP contribution in [0.15, 0.2) is 65.7 Å². The average Bonchev–Trinajstić information content (AvgIpc) is 3.42. The number of sulfonamides is 1. The molecule has 0 saturated carbocycles. The molecule has 1 saturated heterocycles. The van der Waals surface area contributed by atoms with Gasteiger partial charge >= 0.3 is 0 Å². The highest BCUT2D eigenvalue weighted by atomic mass is 32.2. The summed E-state index contributed by atoms with van der Waals surface area (Å²) in [6.07, 6.45) is 3.26. The van der Waals surface area contributed by atoms with Gasteiger partial charge in [-0.3, -0.25) is 14.5 Å². The predicted octanol–water partition coefficient (Wildman–Crippen LogP) is 4.79. The molecule has 0 aliphatic carbocycles. The summed E-state index contributed by atoms with van der Waals surface area (Å²) in [7, 11) is 2.15. The lowest BCUT2D eigenvalue weighted by atomic mass is 10.0. The van der Waals surface area contributed by atoms with E-state index in [1.807, 2.05) is 18.2 Å². The maximum atomic E-state index is 13.5. The molecule has 0 atom stereocenters. The highest BCUT2D eigenvalue weighted by molar-refractivity contribution is 7.92. The van der Waals surface area contributed by atoms with Gasteiger partial charge in [0.05, 0.1) is 44.7 Å². The molecule has 4 aromatic rings. The molecule has 41 heavy (non-hydrogen) atoms. The number of anilines is 2. The maximum absolute atomic E-state index is 13.5. The van der Waals surface area contributed by atoms with Crippen molar-refractivity contribution in [2.75, 3.05) is 44.6 Å². The third kappa shape index (κ3) is 5.58. The summed E-state index contributed by atoms with van der Waals surface area (Å²) in [5.41, 5.74) is 2.32. The average molecular weight is 578 g/mol. The van der Waals surface area contributed by atoms with Crippen LogP contribution < -0.4 is 28.6 Å². The van der Waals surface area contributed by atoms with Crippen LogP contribution in [-0.4, -0.2) is 54.3 Å². The van der Waals surface area contributed by atoms with Crippen LogP contribution in [0.3, 0.4) is 0 Å². The number of carbonyl (C=O) groups is 1. The maximum Gasteiger partial charge on any atom is 0.261 e. The Balaban J connectivity index is 1.53. The second kappa shape index (κ2) is 11.5. The summed E-state index contributed by atoms with van der Waals surface area (Å²) in [4.78, 5) is 18.4. The van der Waals surface area contributed by atoms with Crippen LogP contribution in [0.5, 0.6) is 23.0 Å². The van der Waals surface area contributed by atoms with Gasteiger partial charge in [-0.1, -0.05) is 0 Å². The summed E-state index contributed by atoms with van der Waals surface area (Å²) in [6, 6.07) is 15.2. The van der Waals surface area contributed by atoms with Crippen LogP contribution in [0, 0.1) is 0 Å². The predicted molar refractivity (Wildman–Crippen MR) is 156 cm³/mol. The molecule has 3 aromatic carbocycles. The molecular weight excluding hydrogens is 546 g/mol. The molecule has 1 aliphatic heterocycles. The van der Waals surface area contributed by atoms with Crippen molar-refractivity contribution in [2.45, 2.75) is 24.2 Å². The third-order valence-corrected chi connectivity index (χ3v) is 8.48. The number of carbonyl (C=O) groups excluding carboxylic acids is 1. The van der Waals surface area contributed by atoms with Crippen LogP contribution in [0.1, 0.15) is 24.1 Å².